The lowest BCUT2D eigenvalue weighted by Crippen LogP contribution is -2.26. The fourth-order valence-electron chi connectivity index (χ4n) is 3.30. The first-order valence-corrected chi connectivity index (χ1v) is 12.6. The molecule has 0 aliphatic rings. The van der Waals surface area contributed by atoms with Gasteiger partial charge in [-0.05, 0) is 18.2 Å². The van der Waals surface area contributed by atoms with Crippen molar-refractivity contribution in [2.75, 3.05) is 0 Å². The predicted octanol–water partition coefficient (Wildman–Crippen LogP) is 9.01. The van der Waals surface area contributed by atoms with Crippen LogP contribution in [0.4, 0.5) is 26.3 Å². The minimum atomic E-state index is -5.55. The number of carbonyl (C=O) groups is 2. The first-order chi connectivity index (χ1) is 16.5. The van der Waals surface area contributed by atoms with Gasteiger partial charge in [0.05, 0.1) is 42.3 Å². The third-order valence-corrected chi connectivity index (χ3v) is 9.10. The topological polar surface area (TPSA) is 51.2 Å². The van der Waals surface area contributed by atoms with Gasteiger partial charge >= 0.3 is 12.4 Å². The van der Waals surface area contributed by atoms with E-state index in [2.05, 4.69) is 0 Å². The Hall–Kier alpha value is -2.03. The van der Waals surface area contributed by atoms with E-state index in [-0.39, 0.29) is 12.1 Å². The molecule has 0 saturated carbocycles. The molecule has 190 valence electrons. The highest BCUT2D eigenvalue weighted by Gasteiger charge is 2.51. The summed E-state index contributed by atoms with van der Waals surface area (Å²) in [5, 5.41) is -2.75. The molecular formula is C22H9Cl4F6O3P. The first-order valence-electron chi connectivity index (χ1n) is 9.38. The molecule has 0 heterocycles. The van der Waals surface area contributed by atoms with Gasteiger partial charge < -0.3 is 4.57 Å². The quantitative estimate of drug-likeness (QED) is 0.165. The monoisotopic (exact) mass is 606 g/mol. The molecule has 3 aromatic rings. The molecule has 0 bridgehead atoms. The Labute approximate surface area is 219 Å². The van der Waals surface area contributed by atoms with Gasteiger partial charge in [0.15, 0.2) is 0 Å². The van der Waals surface area contributed by atoms with Gasteiger partial charge in [0.2, 0.25) is 18.2 Å². The van der Waals surface area contributed by atoms with Crippen LogP contribution in [0.3, 0.4) is 0 Å². The number of benzene rings is 3. The summed E-state index contributed by atoms with van der Waals surface area (Å²) in [6, 6.07) is 7.43. The number of hydrogen-bond acceptors (Lipinski definition) is 3. The molecule has 0 radical (unpaired) electrons. The van der Waals surface area contributed by atoms with E-state index in [0.29, 0.717) is 6.07 Å². The van der Waals surface area contributed by atoms with Crippen LogP contribution < -0.4 is 5.30 Å². The van der Waals surface area contributed by atoms with E-state index in [1.165, 1.54) is 18.2 Å². The lowest BCUT2D eigenvalue weighted by Gasteiger charge is -2.23. The van der Waals surface area contributed by atoms with Crippen LogP contribution in [0.2, 0.25) is 20.1 Å². The summed E-state index contributed by atoms with van der Waals surface area (Å²) in [6.45, 7) is 0. The van der Waals surface area contributed by atoms with Crippen molar-refractivity contribution in [3.63, 3.8) is 0 Å². The molecule has 0 aromatic heterocycles. The lowest BCUT2D eigenvalue weighted by molar-refractivity contribution is -0.143. The number of alkyl halides is 6. The van der Waals surface area contributed by atoms with E-state index in [1.54, 1.807) is 0 Å². The fraction of sp³-hybridized carbons (Fsp3) is 0.0909. The van der Waals surface area contributed by atoms with Crippen LogP contribution in [-0.4, -0.2) is 11.0 Å². The van der Waals surface area contributed by atoms with Crippen molar-refractivity contribution < 1.29 is 40.5 Å². The third kappa shape index (κ3) is 5.04. The van der Waals surface area contributed by atoms with Gasteiger partial charge in [-0.15, -0.1) is 0 Å². The second-order valence-corrected chi connectivity index (χ2v) is 11.2. The summed E-state index contributed by atoms with van der Waals surface area (Å²) in [6.07, 6.45) is -11.0. The first kappa shape index (κ1) is 28.5. The van der Waals surface area contributed by atoms with Gasteiger partial charge in [-0.2, -0.15) is 26.3 Å². The highest BCUT2D eigenvalue weighted by atomic mass is 35.5. The normalized spacial score (nSPS) is 13.8. The molecule has 3 rings (SSSR count). The summed E-state index contributed by atoms with van der Waals surface area (Å²) < 4.78 is 96.8. The Morgan fingerprint density at radius 3 is 1.47 bits per heavy atom. The molecular weight excluding hydrogens is 599 g/mol. The van der Waals surface area contributed by atoms with Crippen LogP contribution in [0.15, 0.2) is 54.6 Å². The van der Waals surface area contributed by atoms with E-state index in [4.69, 9.17) is 46.4 Å². The van der Waals surface area contributed by atoms with Crippen LogP contribution in [0.5, 0.6) is 0 Å². The van der Waals surface area contributed by atoms with Gasteiger partial charge in [0.25, 0.3) is 0 Å². The fourth-order valence-corrected chi connectivity index (χ4v) is 6.75. The SMILES string of the molecule is O=C(c1c(C(F)(F)F)cccc1C(F)(F)F)P(=O)(C(=O)c1c(Cl)c(Cl)cc(Cl)c1Cl)c1ccccc1. The molecule has 36 heavy (non-hydrogen) atoms. The third-order valence-electron chi connectivity index (χ3n) is 4.91. The van der Waals surface area contributed by atoms with Crippen molar-refractivity contribution in [3.8, 4) is 0 Å². The Morgan fingerprint density at radius 1 is 0.639 bits per heavy atom. The van der Waals surface area contributed by atoms with Crippen LogP contribution in [0.25, 0.3) is 0 Å². The molecule has 0 saturated heterocycles. The highest BCUT2D eigenvalue weighted by molar-refractivity contribution is 8.01. The predicted molar refractivity (Wildman–Crippen MR) is 125 cm³/mol. The van der Waals surface area contributed by atoms with Gasteiger partial charge in [0, 0.05) is 5.30 Å². The summed E-state index contributed by atoms with van der Waals surface area (Å²) in [7, 11) is -5.55. The second-order valence-electron chi connectivity index (χ2n) is 7.12. The van der Waals surface area contributed by atoms with Gasteiger partial charge in [0.1, 0.15) is 0 Å². The Morgan fingerprint density at radius 2 is 1.06 bits per heavy atom. The molecule has 0 fully saturated rings. The molecule has 0 spiro atoms. The molecule has 3 nitrogen and oxygen atoms in total. The van der Waals surface area contributed by atoms with E-state index in [0.717, 1.165) is 18.2 Å². The molecule has 14 heteroatoms. The Balaban J connectivity index is 2.47. The van der Waals surface area contributed by atoms with Crippen LogP contribution in [-0.2, 0) is 16.9 Å². The van der Waals surface area contributed by atoms with Crippen LogP contribution in [0.1, 0.15) is 31.8 Å². The van der Waals surface area contributed by atoms with E-state index in [9.17, 15) is 40.5 Å². The van der Waals surface area contributed by atoms with Crippen LogP contribution in [0, 0.1) is 0 Å². The maximum Gasteiger partial charge on any atom is 0.417 e. The summed E-state index contributed by atoms with van der Waals surface area (Å²) in [5.74, 6) is 0. The van der Waals surface area contributed by atoms with Crippen molar-refractivity contribution >= 4 is 69.9 Å². The molecule has 1 unspecified atom stereocenters. The number of halogens is 10. The summed E-state index contributed by atoms with van der Waals surface area (Å²) in [5.41, 5.74) is -10.9. The molecule has 0 aliphatic carbocycles. The van der Waals surface area contributed by atoms with Crippen molar-refractivity contribution in [3.05, 3.63) is 96.9 Å². The average molecular weight is 608 g/mol. The van der Waals surface area contributed by atoms with Gasteiger partial charge in [-0.1, -0.05) is 82.8 Å². The maximum absolute atomic E-state index is 14.3. The summed E-state index contributed by atoms with van der Waals surface area (Å²) in [4.78, 5) is 27.2. The molecule has 1 atom stereocenters. The highest BCUT2D eigenvalue weighted by Crippen LogP contribution is 2.56. The van der Waals surface area contributed by atoms with Crippen LogP contribution >= 0.6 is 53.5 Å². The smallest absolute Gasteiger partial charge is 0.302 e. The second kappa shape index (κ2) is 10.0. The van der Waals surface area contributed by atoms with E-state index < -0.39 is 78.2 Å². The molecule has 0 amide bonds. The summed E-state index contributed by atoms with van der Waals surface area (Å²) >= 11 is 23.9. The maximum atomic E-state index is 14.3. The minimum absolute atomic E-state index is 0.207. The van der Waals surface area contributed by atoms with Gasteiger partial charge in [-0.3, -0.25) is 9.59 Å². The van der Waals surface area contributed by atoms with Crippen molar-refractivity contribution in [1.82, 2.24) is 0 Å². The average Bonchev–Trinajstić information content (AvgIpc) is 2.80. The zero-order valence-corrected chi connectivity index (χ0v) is 21.1. The molecule has 0 aliphatic heterocycles. The van der Waals surface area contributed by atoms with Crippen molar-refractivity contribution in [2.24, 2.45) is 0 Å². The molecule has 0 N–H and O–H groups in total. The molecule has 3 aromatic carbocycles. The van der Waals surface area contributed by atoms with Crippen molar-refractivity contribution in [1.29, 1.82) is 0 Å². The van der Waals surface area contributed by atoms with Crippen molar-refractivity contribution in [2.45, 2.75) is 12.4 Å². The zero-order valence-electron chi connectivity index (χ0n) is 17.1. The zero-order chi connectivity index (χ0) is 27.2. The number of rotatable bonds is 5. The Bertz CT molecular complexity index is 1360. The number of hydrogen-bond donors (Lipinski definition) is 0. The number of carbonyl (C=O) groups excluding carboxylic acids is 2. The van der Waals surface area contributed by atoms with Gasteiger partial charge in [-0.25, -0.2) is 0 Å². The van der Waals surface area contributed by atoms with E-state index >= 15 is 0 Å². The largest absolute Gasteiger partial charge is 0.417 e. The lowest BCUT2D eigenvalue weighted by atomic mass is 10.0. The van der Waals surface area contributed by atoms with E-state index in [1.807, 2.05) is 0 Å². The Kier molecular flexibility index (Phi) is 7.95. The minimum Gasteiger partial charge on any atom is -0.302 e. The standard InChI is InChI=1S/C22H9Cl4F6O3P/c23-13-9-14(24)18(26)16(17(13)25)20(34)36(35,10-5-2-1-3-6-10)19(33)15-11(21(27,28)29)7-4-8-12(15)22(30,31)32/h1-9H.